The summed E-state index contributed by atoms with van der Waals surface area (Å²) in [5.74, 6) is -2.50. The molecule has 1 saturated heterocycles. The van der Waals surface area contributed by atoms with Crippen LogP contribution in [0.3, 0.4) is 0 Å². The zero-order chi connectivity index (χ0) is 33.8. The number of nitrogens with zero attached hydrogens (tertiary/aromatic N) is 2. The van der Waals surface area contributed by atoms with E-state index >= 15 is 0 Å². The standard InChI is InChI=1S/C31H32F3N5O8/c32-31(33,34)22-11-9-21(10-12-22)28(41)38-25(29(42)43)16-37-27(40)19-45-24-14-23(15-36-26-8-4-5-13-35-26)39(17-24)47-30(44)46-18-20-6-2-1-3-7-20/h1-13,23-25H,14-19H2,(H,35,36)(H,37,40)(H,38,41)(H,42,43). The van der Waals surface area contributed by atoms with Gasteiger partial charge in [0.05, 0.1) is 24.3 Å². The SMILES string of the molecule is O=C(COC1CC(CNc2ccccn2)N(OC(=O)OCc2ccccc2)C1)NCC(NC(=O)c1ccc(C(F)(F)F)cc1)C(=O)O. The smallest absolute Gasteiger partial charge is 0.480 e. The van der Waals surface area contributed by atoms with Crippen LogP contribution >= 0.6 is 0 Å². The monoisotopic (exact) mass is 659 g/mol. The molecule has 0 spiro atoms. The van der Waals surface area contributed by atoms with E-state index in [0.717, 1.165) is 17.7 Å². The highest BCUT2D eigenvalue weighted by atomic mass is 19.4. The van der Waals surface area contributed by atoms with Gasteiger partial charge in [-0.05, 0) is 48.4 Å². The highest BCUT2D eigenvalue weighted by molar-refractivity contribution is 5.96. The molecular weight excluding hydrogens is 627 g/mol. The number of hydrogen-bond acceptors (Lipinski definition) is 10. The van der Waals surface area contributed by atoms with Crippen LogP contribution in [0.2, 0.25) is 0 Å². The molecule has 3 aromatic rings. The van der Waals surface area contributed by atoms with Crippen LogP contribution < -0.4 is 16.0 Å². The summed E-state index contributed by atoms with van der Waals surface area (Å²) in [6, 6.07) is 15.7. The molecule has 0 aliphatic carbocycles. The van der Waals surface area contributed by atoms with E-state index in [-0.39, 0.29) is 24.8 Å². The maximum atomic E-state index is 12.8. The molecular formula is C31H32F3N5O8. The second-order valence-electron chi connectivity index (χ2n) is 10.4. The third kappa shape index (κ3) is 11.0. The largest absolute Gasteiger partial charge is 0.528 e. The van der Waals surface area contributed by atoms with E-state index in [1.807, 2.05) is 18.2 Å². The molecule has 4 N–H and O–H groups in total. The molecule has 3 unspecified atom stereocenters. The van der Waals surface area contributed by atoms with Crippen molar-refractivity contribution in [2.75, 3.05) is 31.6 Å². The van der Waals surface area contributed by atoms with Crippen LogP contribution in [0.4, 0.5) is 23.8 Å². The maximum absolute atomic E-state index is 12.8. The van der Waals surface area contributed by atoms with Crippen LogP contribution in [0, 0.1) is 0 Å². The quantitative estimate of drug-likeness (QED) is 0.188. The summed E-state index contributed by atoms with van der Waals surface area (Å²) in [6.45, 7) is -0.575. The Morgan fingerprint density at radius 2 is 1.72 bits per heavy atom. The van der Waals surface area contributed by atoms with Crippen molar-refractivity contribution in [2.24, 2.45) is 0 Å². The molecule has 2 amide bonds. The summed E-state index contributed by atoms with van der Waals surface area (Å²) in [4.78, 5) is 58.7. The Hall–Kier alpha value is -5.22. The maximum Gasteiger partial charge on any atom is 0.528 e. The van der Waals surface area contributed by atoms with Crippen molar-refractivity contribution >= 4 is 29.8 Å². The van der Waals surface area contributed by atoms with Gasteiger partial charge in [0.25, 0.3) is 5.91 Å². The van der Waals surface area contributed by atoms with E-state index in [2.05, 4.69) is 20.9 Å². The number of alkyl halides is 3. The Bertz CT molecular complexity index is 1500. The van der Waals surface area contributed by atoms with Gasteiger partial charge >= 0.3 is 18.3 Å². The number of amides is 2. The van der Waals surface area contributed by atoms with Gasteiger partial charge in [-0.2, -0.15) is 13.2 Å². The summed E-state index contributed by atoms with van der Waals surface area (Å²) in [5.41, 5.74) is -0.384. The first-order valence-corrected chi connectivity index (χ1v) is 14.4. The highest BCUT2D eigenvalue weighted by Gasteiger charge is 2.36. The minimum Gasteiger partial charge on any atom is -0.480 e. The van der Waals surface area contributed by atoms with Gasteiger partial charge in [-0.25, -0.2) is 14.6 Å². The number of aromatic nitrogens is 1. The predicted octanol–water partition coefficient (Wildman–Crippen LogP) is 3.24. The summed E-state index contributed by atoms with van der Waals surface area (Å²) >= 11 is 0. The van der Waals surface area contributed by atoms with Crippen molar-refractivity contribution in [1.29, 1.82) is 0 Å². The number of nitrogens with one attached hydrogen (secondary N) is 3. The van der Waals surface area contributed by atoms with E-state index in [1.54, 1.807) is 36.5 Å². The predicted molar refractivity (Wildman–Crippen MR) is 159 cm³/mol. The first-order valence-electron chi connectivity index (χ1n) is 14.4. The van der Waals surface area contributed by atoms with Gasteiger partial charge in [0.1, 0.15) is 25.1 Å². The Kier molecular flexibility index (Phi) is 12.1. The van der Waals surface area contributed by atoms with Crippen LogP contribution in [-0.4, -0.2) is 83.5 Å². The molecule has 47 heavy (non-hydrogen) atoms. The molecule has 1 aliphatic rings. The molecule has 0 saturated carbocycles. The molecule has 3 atom stereocenters. The van der Waals surface area contributed by atoms with Crippen LogP contribution in [0.5, 0.6) is 0 Å². The average Bonchev–Trinajstić information content (AvgIpc) is 3.45. The number of hydrogen-bond donors (Lipinski definition) is 4. The molecule has 2 heterocycles. The van der Waals surface area contributed by atoms with Gasteiger partial charge in [0.15, 0.2) is 0 Å². The molecule has 4 rings (SSSR count). The fraction of sp³-hybridized carbons (Fsp3) is 0.323. The number of halogens is 3. The molecule has 0 radical (unpaired) electrons. The molecule has 1 aromatic heterocycles. The van der Waals surface area contributed by atoms with Crippen molar-refractivity contribution in [3.05, 3.63) is 95.7 Å². The number of carbonyl (C=O) groups is 4. The number of carbonyl (C=O) groups excluding carboxylic acids is 3. The Labute approximate surface area is 267 Å². The van der Waals surface area contributed by atoms with Gasteiger partial charge in [-0.15, -0.1) is 5.06 Å². The zero-order valence-electron chi connectivity index (χ0n) is 24.8. The number of carboxylic acids is 1. The van der Waals surface area contributed by atoms with Crippen LogP contribution in [-0.2, 0) is 36.7 Å². The van der Waals surface area contributed by atoms with E-state index in [1.165, 1.54) is 5.06 Å². The van der Waals surface area contributed by atoms with Crippen molar-refractivity contribution in [3.8, 4) is 0 Å². The third-order valence-corrected chi connectivity index (χ3v) is 6.93. The van der Waals surface area contributed by atoms with E-state index < -0.39 is 61.0 Å². The fourth-order valence-corrected chi connectivity index (χ4v) is 4.50. The Morgan fingerprint density at radius 1 is 1.00 bits per heavy atom. The summed E-state index contributed by atoms with van der Waals surface area (Å²) < 4.78 is 49.3. The molecule has 250 valence electrons. The number of pyridine rings is 1. The van der Waals surface area contributed by atoms with Gasteiger partial charge in [-0.1, -0.05) is 36.4 Å². The third-order valence-electron chi connectivity index (χ3n) is 6.93. The second-order valence-corrected chi connectivity index (χ2v) is 10.4. The molecule has 1 aliphatic heterocycles. The number of ether oxygens (including phenoxy) is 2. The number of benzene rings is 2. The normalized spacial score (nSPS) is 16.9. The van der Waals surface area contributed by atoms with Crippen molar-refractivity contribution < 1.29 is 51.8 Å². The number of hydroxylamine groups is 2. The molecule has 0 bridgehead atoms. The zero-order valence-corrected chi connectivity index (χ0v) is 24.8. The molecule has 16 heteroatoms. The van der Waals surface area contributed by atoms with Gasteiger partial charge < -0.3 is 35.4 Å². The topological polar surface area (TPSA) is 168 Å². The number of carboxylic acid groups (broad SMARTS) is 1. The van der Waals surface area contributed by atoms with Crippen LogP contribution in [0.25, 0.3) is 0 Å². The first-order chi connectivity index (χ1) is 22.5. The summed E-state index contributed by atoms with van der Waals surface area (Å²) in [5, 5.41) is 18.6. The lowest BCUT2D eigenvalue weighted by Gasteiger charge is -2.22. The van der Waals surface area contributed by atoms with Crippen molar-refractivity contribution in [2.45, 2.75) is 37.4 Å². The lowest BCUT2D eigenvalue weighted by molar-refractivity contribution is -0.143. The van der Waals surface area contributed by atoms with E-state index in [0.29, 0.717) is 30.9 Å². The minimum atomic E-state index is -4.60. The summed E-state index contributed by atoms with van der Waals surface area (Å²) in [6.07, 6.45) is -4.12. The lowest BCUT2D eigenvalue weighted by atomic mass is 10.1. The highest BCUT2D eigenvalue weighted by Crippen LogP contribution is 2.29. The first kappa shape index (κ1) is 34.6. The molecule has 1 fully saturated rings. The molecule has 2 aromatic carbocycles. The summed E-state index contributed by atoms with van der Waals surface area (Å²) in [7, 11) is 0. The van der Waals surface area contributed by atoms with Crippen molar-refractivity contribution in [1.82, 2.24) is 20.7 Å². The number of rotatable bonds is 14. The number of aliphatic carboxylic acids is 1. The Balaban J connectivity index is 1.26. The van der Waals surface area contributed by atoms with Crippen LogP contribution in [0.15, 0.2) is 79.0 Å². The van der Waals surface area contributed by atoms with Gasteiger partial charge in [0.2, 0.25) is 5.91 Å². The minimum absolute atomic E-state index is 0.00654. The lowest BCUT2D eigenvalue weighted by Crippen LogP contribution is -2.49. The Morgan fingerprint density at radius 3 is 2.38 bits per heavy atom. The molecule has 13 nitrogen and oxygen atoms in total. The van der Waals surface area contributed by atoms with E-state index in [9.17, 15) is 37.5 Å². The average molecular weight is 660 g/mol. The van der Waals surface area contributed by atoms with Crippen LogP contribution in [0.1, 0.15) is 27.9 Å². The van der Waals surface area contributed by atoms with Gasteiger partial charge in [-0.3, -0.25) is 9.59 Å². The van der Waals surface area contributed by atoms with Crippen molar-refractivity contribution in [3.63, 3.8) is 0 Å². The van der Waals surface area contributed by atoms with E-state index in [4.69, 9.17) is 14.3 Å². The number of anilines is 1. The van der Waals surface area contributed by atoms with Gasteiger partial charge in [0, 0.05) is 24.8 Å². The fourth-order valence-electron chi connectivity index (χ4n) is 4.50. The second kappa shape index (κ2) is 16.4.